The molecule has 0 aromatic heterocycles. The van der Waals surface area contributed by atoms with E-state index in [0.717, 1.165) is 25.8 Å². The van der Waals surface area contributed by atoms with Gasteiger partial charge < -0.3 is 5.32 Å². The van der Waals surface area contributed by atoms with Crippen molar-refractivity contribution in [2.24, 2.45) is 5.92 Å². The third-order valence-corrected chi connectivity index (χ3v) is 4.86. The SMILES string of the molecule is CCC(CC)CNS(=O)(=O)N(C)CCCNC(C)C. The van der Waals surface area contributed by atoms with Gasteiger partial charge in [0.05, 0.1) is 0 Å². The second-order valence-corrected chi connectivity index (χ2v) is 7.18. The van der Waals surface area contributed by atoms with Crippen molar-refractivity contribution in [3.05, 3.63) is 0 Å². The molecule has 0 fully saturated rings. The van der Waals surface area contributed by atoms with E-state index >= 15 is 0 Å². The van der Waals surface area contributed by atoms with Gasteiger partial charge in [-0.05, 0) is 18.9 Å². The Morgan fingerprint density at radius 3 is 2.21 bits per heavy atom. The predicted molar refractivity (Wildman–Crippen MR) is 81.4 cm³/mol. The van der Waals surface area contributed by atoms with E-state index in [4.69, 9.17) is 0 Å². The highest BCUT2D eigenvalue weighted by Gasteiger charge is 2.17. The molecule has 116 valence electrons. The number of hydrogen-bond donors (Lipinski definition) is 2. The Bertz CT molecular complexity index is 314. The molecule has 0 atom stereocenters. The van der Waals surface area contributed by atoms with Crippen molar-refractivity contribution in [3.8, 4) is 0 Å². The van der Waals surface area contributed by atoms with Crippen LogP contribution >= 0.6 is 0 Å². The highest BCUT2D eigenvalue weighted by atomic mass is 32.2. The van der Waals surface area contributed by atoms with Crippen LogP contribution in [0.3, 0.4) is 0 Å². The van der Waals surface area contributed by atoms with Gasteiger partial charge in [-0.2, -0.15) is 12.7 Å². The molecular formula is C13H31N3O2S. The highest BCUT2D eigenvalue weighted by Crippen LogP contribution is 2.06. The van der Waals surface area contributed by atoms with Crippen LogP contribution in [-0.4, -0.2) is 45.4 Å². The molecule has 0 aliphatic heterocycles. The van der Waals surface area contributed by atoms with E-state index in [1.165, 1.54) is 4.31 Å². The molecule has 5 nitrogen and oxygen atoms in total. The second kappa shape index (κ2) is 9.69. The number of nitrogens with zero attached hydrogens (tertiary/aromatic N) is 1. The minimum atomic E-state index is -3.32. The van der Waals surface area contributed by atoms with Crippen LogP contribution in [0, 0.1) is 5.92 Å². The fourth-order valence-corrected chi connectivity index (χ4v) is 2.76. The number of nitrogens with one attached hydrogen (secondary N) is 2. The van der Waals surface area contributed by atoms with Gasteiger partial charge in [0.2, 0.25) is 0 Å². The smallest absolute Gasteiger partial charge is 0.279 e. The standard InChI is InChI=1S/C13H31N3O2S/c1-6-13(7-2)11-15-19(17,18)16(5)10-8-9-14-12(3)4/h12-15H,6-11H2,1-5H3. The van der Waals surface area contributed by atoms with Crippen molar-refractivity contribution in [1.29, 1.82) is 0 Å². The zero-order valence-corrected chi connectivity index (χ0v) is 13.9. The monoisotopic (exact) mass is 293 g/mol. The summed E-state index contributed by atoms with van der Waals surface area (Å²) in [5, 5.41) is 3.28. The van der Waals surface area contributed by atoms with Gasteiger partial charge in [0.1, 0.15) is 0 Å². The molecule has 2 N–H and O–H groups in total. The topological polar surface area (TPSA) is 61.4 Å². The first-order chi connectivity index (χ1) is 8.83. The fraction of sp³-hybridized carbons (Fsp3) is 1.00. The Hall–Kier alpha value is -0.170. The summed E-state index contributed by atoms with van der Waals surface area (Å²) >= 11 is 0. The summed E-state index contributed by atoms with van der Waals surface area (Å²) in [6.45, 7) is 10.2. The van der Waals surface area contributed by atoms with Gasteiger partial charge in [-0.15, -0.1) is 0 Å². The summed E-state index contributed by atoms with van der Waals surface area (Å²) in [5.74, 6) is 0.422. The average molecular weight is 293 g/mol. The molecule has 0 bridgehead atoms. The van der Waals surface area contributed by atoms with Crippen molar-refractivity contribution in [2.45, 2.75) is 53.0 Å². The van der Waals surface area contributed by atoms with Gasteiger partial charge in [-0.25, -0.2) is 4.72 Å². The van der Waals surface area contributed by atoms with E-state index in [1.807, 2.05) is 0 Å². The Morgan fingerprint density at radius 1 is 1.16 bits per heavy atom. The quantitative estimate of drug-likeness (QED) is 0.569. The molecule has 0 saturated carbocycles. The maximum atomic E-state index is 12.0. The van der Waals surface area contributed by atoms with Gasteiger partial charge in [0.25, 0.3) is 10.2 Å². The van der Waals surface area contributed by atoms with E-state index in [0.29, 0.717) is 25.0 Å². The molecule has 0 aromatic rings. The van der Waals surface area contributed by atoms with E-state index in [-0.39, 0.29) is 0 Å². The molecule has 0 heterocycles. The van der Waals surface area contributed by atoms with E-state index in [2.05, 4.69) is 37.7 Å². The fourth-order valence-electron chi connectivity index (χ4n) is 1.72. The summed E-state index contributed by atoms with van der Waals surface area (Å²) in [6.07, 6.45) is 2.82. The molecule has 0 aliphatic rings. The van der Waals surface area contributed by atoms with Gasteiger partial charge in [-0.3, -0.25) is 0 Å². The Balaban J connectivity index is 4.03. The minimum Gasteiger partial charge on any atom is -0.314 e. The first-order valence-electron chi connectivity index (χ1n) is 7.27. The Morgan fingerprint density at radius 2 is 1.74 bits per heavy atom. The highest BCUT2D eigenvalue weighted by molar-refractivity contribution is 7.87. The van der Waals surface area contributed by atoms with Crippen LogP contribution in [0.2, 0.25) is 0 Å². The molecule has 0 unspecified atom stereocenters. The van der Waals surface area contributed by atoms with Crippen molar-refractivity contribution in [1.82, 2.24) is 14.3 Å². The van der Waals surface area contributed by atoms with Crippen molar-refractivity contribution in [3.63, 3.8) is 0 Å². The molecule has 6 heteroatoms. The average Bonchev–Trinajstić information content (AvgIpc) is 2.35. The molecule has 0 aliphatic carbocycles. The number of rotatable bonds is 11. The Kier molecular flexibility index (Phi) is 9.60. The van der Waals surface area contributed by atoms with Gasteiger partial charge in [-0.1, -0.05) is 40.5 Å². The van der Waals surface area contributed by atoms with Gasteiger partial charge in [0, 0.05) is 26.2 Å². The van der Waals surface area contributed by atoms with E-state index in [9.17, 15) is 8.42 Å². The molecule has 0 aromatic carbocycles. The zero-order valence-electron chi connectivity index (χ0n) is 13.1. The molecular weight excluding hydrogens is 262 g/mol. The molecule has 0 rings (SSSR count). The lowest BCUT2D eigenvalue weighted by Gasteiger charge is -2.20. The minimum absolute atomic E-state index is 0.422. The predicted octanol–water partition coefficient (Wildman–Crippen LogP) is 1.58. The van der Waals surface area contributed by atoms with E-state index < -0.39 is 10.2 Å². The summed E-state index contributed by atoms with van der Waals surface area (Å²) in [4.78, 5) is 0. The van der Waals surface area contributed by atoms with Crippen LogP contribution in [-0.2, 0) is 10.2 Å². The third-order valence-electron chi connectivity index (χ3n) is 3.32. The first kappa shape index (κ1) is 18.8. The molecule has 0 radical (unpaired) electrons. The summed E-state index contributed by atoms with van der Waals surface area (Å²) in [6, 6.07) is 0.440. The van der Waals surface area contributed by atoms with Crippen molar-refractivity contribution in [2.75, 3.05) is 26.7 Å². The lowest BCUT2D eigenvalue weighted by Crippen LogP contribution is -2.41. The van der Waals surface area contributed by atoms with Crippen LogP contribution in [0.5, 0.6) is 0 Å². The molecule has 19 heavy (non-hydrogen) atoms. The molecule has 0 spiro atoms. The van der Waals surface area contributed by atoms with Crippen LogP contribution < -0.4 is 10.0 Å². The molecule has 0 amide bonds. The lowest BCUT2D eigenvalue weighted by atomic mass is 10.0. The first-order valence-corrected chi connectivity index (χ1v) is 8.71. The summed E-state index contributed by atoms with van der Waals surface area (Å²) in [7, 11) is -1.69. The van der Waals surface area contributed by atoms with Crippen LogP contribution in [0.4, 0.5) is 0 Å². The maximum absolute atomic E-state index is 12.0. The summed E-state index contributed by atoms with van der Waals surface area (Å²) in [5.41, 5.74) is 0. The largest absolute Gasteiger partial charge is 0.314 e. The van der Waals surface area contributed by atoms with E-state index in [1.54, 1.807) is 7.05 Å². The van der Waals surface area contributed by atoms with Gasteiger partial charge >= 0.3 is 0 Å². The second-order valence-electron chi connectivity index (χ2n) is 5.32. The Labute approximate surface area is 119 Å². The van der Waals surface area contributed by atoms with Crippen molar-refractivity contribution < 1.29 is 8.42 Å². The lowest BCUT2D eigenvalue weighted by molar-refractivity contribution is 0.424. The van der Waals surface area contributed by atoms with Crippen LogP contribution in [0.1, 0.15) is 47.0 Å². The summed E-state index contributed by atoms with van der Waals surface area (Å²) < 4.78 is 28.1. The third kappa shape index (κ3) is 8.57. The number of hydrogen-bond acceptors (Lipinski definition) is 3. The molecule has 0 saturated heterocycles. The maximum Gasteiger partial charge on any atom is 0.279 e. The van der Waals surface area contributed by atoms with Crippen LogP contribution in [0.25, 0.3) is 0 Å². The normalized spacial score (nSPS) is 12.8. The van der Waals surface area contributed by atoms with Gasteiger partial charge in [0.15, 0.2) is 0 Å². The van der Waals surface area contributed by atoms with Crippen molar-refractivity contribution >= 4 is 10.2 Å². The zero-order chi connectivity index (χ0) is 14.9. The van der Waals surface area contributed by atoms with Crippen LogP contribution in [0.15, 0.2) is 0 Å².